The molecule has 0 N–H and O–H groups in total. The molecule has 16 heavy (non-hydrogen) atoms. The Hall–Kier alpha value is -1.45. The van der Waals surface area contributed by atoms with E-state index >= 15 is 0 Å². The average Bonchev–Trinajstić information content (AvgIpc) is 2.28. The van der Waals surface area contributed by atoms with Crippen LogP contribution in [0.25, 0.3) is 11.4 Å². The Morgan fingerprint density at radius 1 is 1.00 bits per heavy atom. The Morgan fingerprint density at radius 2 is 1.56 bits per heavy atom. The topological polar surface area (TPSA) is 42.9 Å². The lowest BCUT2D eigenvalue weighted by molar-refractivity contribution is 0.112. The highest BCUT2D eigenvalue weighted by Gasteiger charge is 2.04. The fraction of sp³-hybridized carbons (Fsp3) is 0. The van der Waals surface area contributed by atoms with E-state index in [0.717, 1.165) is 11.8 Å². The third-order valence-electron chi connectivity index (χ3n) is 1.97. The van der Waals surface area contributed by atoms with Crippen molar-refractivity contribution in [3.05, 3.63) is 46.2 Å². The molecule has 0 fully saturated rings. The molecular weight excluding hydrogens is 247 g/mol. The number of benzene rings is 1. The molecule has 0 bridgehead atoms. The van der Waals surface area contributed by atoms with Gasteiger partial charge in [0.05, 0.1) is 0 Å². The van der Waals surface area contributed by atoms with Gasteiger partial charge in [0.2, 0.25) is 0 Å². The van der Waals surface area contributed by atoms with Crippen molar-refractivity contribution in [3.63, 3.8) is 0 Å². The maximum absolute atomic E-state index is 10.5. The molecule has 0 unspecified atom stereocenters. The van der Waals surface area contributed by atoms with Crippen molar-refractivity contribution >= 4 is 29.5 Å². The van der Waals surface area contributed by atoms with Crippen molar-refractivity contribution in [2.75, 3.05) is 0 Å². The van der Waals surface area contributed by atoms with E-state index in [-0.39, 0.29) is 10.3 Å². The van der Waals surface area contributed by atoms with Gasteiger partial charge in [-0.05, 0) is 0 Å². The first-order valence-electron chi connectivity index (χ1n) is 4.45. The molecule has 1 aromatic heterocycles. The van der Waals surface area contributed by atoms with Crippen LogP contribution in [0.2, 0.25) is 10.3 Å². The summed E-state index contributed by atoms with van der Waals surface area (Å²) in [6, 6.07) is 8.31. The van der Waals surface area contributed by atoms with E-state index in [1.165, 1.54) is 6.07 Å². The molecule has 0 aliphatic heterocycles. The molecule has 0 aliphatic carbocycles. The molecule has 3 nitrogen and oxygen atoms in total. The summed E-state index contributed by atoms with van der Waals surface area (Å²) >= 11 is 11.5. The van der Waals surface area contributed by atoms with Gasteiger partial charge in [0, 0.05) is 17.2 Å². The molecule has 1 aromatic carbocycles. The Morgan fingerprint density at radius 3 is 2.06 bits per heavy atom. The Bertz CT molecular complexity index is 506. The maximum Gasteiger partial charge on any atom is 0.162 e. The lowest BCUT2D eigenvalue weighted by atomic mass is 10.1. The van der Waals surface area contributed by atoms with Crippen LogP contribution in [0.3, 0.4) is 0 Å². The van der Waals surface area contributed by atoms with Crippen LogP contribution < -0.4 is 0 Å². The van der Waals surface area contributed by atoms with E-state index < -0.39 is 0 Å². The van der Waals surface area contributed by atoms with Crippen LogP contribution in [-0.2, 0) is 0 Å². The lowest BCUT2D eigenvalue weighted by Crippen LogP contribution is -1.90. The molecule has 0 spiro atoms. The van der Waals surface area contributed by atoms with Gasteiger partial charge < -0.3 is 0 Å². The van der Waals surface area contributed by atoms with Crippen LogP contribution >= 0.6 is 23.2 Å². The van der Waals surface area contributed by atoms with Gasteiger partial charge in [0.25, 0.3) is 0 Å². The third-order valence-corrected chi connectivity index (χ3v) is 2.36. The maximum atomic E-state index is 10.5. The summed E-state index contributed by atoms with van der Waals surface area (Å²) in [5, 5.41) is 0.573. The number of carbonyl (C=O) groups excluding carboxylic acids is 1. The smallest absolute Gasteiger partial charge is 0.162 e. The minimum absolute atomic E-state index is 0.287. The Kier molecular flexibility index (Phi) is 3.17. The van der Waals surface area contributed by atoms with Crippen molar-refractivity contribution in [2.45, 2.75) is 0 Å². The second-order valence-corrected chi connectivity index (χ2v) is 3.85. The first-order chi connectivity index (χ1) is 7.69. The fourth-order valence-electron chi connectivity index (χ4n) is 1.23. The zero-order valence-corrected chi connectivity index (χ0v) is 9.53. The zero-order chi connectivity index (χ0) is 11.5. The molecule has 1 heterocycles. The number of rotatable bonds is 2. The number of nitrogens with zero attached hydrogens (tertiary/aromatic N) is 2. The monoisotopic (exact) mass is 252 g/mol. The van der Waals surface area contributed by atoms with Crippen molar-refractivity contribution < 1.29 is 4.79 Å². The van der Waals surface area contributed by atoms with Crippen LogP contribution in [0.1, 0.15) is 10.4 Å². The van der Waals surface area contributed by atoms with E-state index in [0.29, 0.717) is 11.4 Å². The third kappa shape index (κ3) is 2.38. The number of halogens is 2. The highest BCUT2D eigenvalue weighted by Crippen LogP contribution is 2.20. The van der Waals surface area contributed by atoms with Crippen molar-refractivity contribution in [1.29, 1.82) is 0 Å². The summed E-state index contributed by atoms with van der Waals surface area (Å²) in [4.78, 5) is 18.6. The minimum Gasteiger partial charge on any atom is -0.298 e. The predicted octanol–water partition coefficient (Wildman–Crippen LogP) is 3.26. The Balaban J connectivity index is 2.45. The molecule has 0 saturated carbocycles. The lowest BCUT2D eigenvalue weighted by Gasteiger charge is -2.01. The van der Waals surface area contributed by atoms with Gasteiger partial charge in [-0.1, -0.05) is 47.5 Å². The zero-order valence-electron chi connectivity index (χ0n) is 8.02. The quantitative estimate of drug-likeness (QED) is 0.609. The molecule has 80 valence electrons. The second kappa shape index (κ2) is 4.60. The van der Waals surface area contributed by atoms with E-state index in [2.05, 4.69) is 9.97 Å². The molecule has 0 saturated heterocycles. The largest absolute Gasteiger partial charge is 0.298 e. The van der Waals surface area contributed by atoms with Crippen LogP contribution in [0.4, 0.5) is 0 Å². The fourth-order valence-corrected chi connectivity index (χ4v) is 1.65. The minimum atomic E-state index is 0.287. The van der Waals surface area contributed by atoms with E-state index in [1.54, 1.807) is 24.3 Å². The molecule has 0 atom stereocenters. The number of aldehydes is 1. The van der Waals surface area contributed by atoms with Crippen LogP contribution in [-0.4, -0.2) is 16.3 Å². The van der Waals surface area contributed by atoms with Gasteiger partial charge in [-0.2, -0.15) is 0 Å². The summed E-state index contributed by atoms with van der Waals surface area (Å²) in [7, 11) is 0. The number of aromatic nitrogens is 2. The molecule has 2 rings (SSSR count). The second-order valence-electron chi connectivity index (χ2n) is 3.08. The SMILES string of the molecule is O=Cc1ccc(-c2nc(Cl)cc(Cl)n2)cc1. The summed E-state index contributed by atoms with van der Waals surface area (Å²) < 4.78 is 0. The van der Waals surface area contributed by atoms with Crippen molar-refractivity contribution in [3.8, 4) is 11.4 Å². The molecule has 2 aromatic rings. The van der Waals surface area contributed by atoms with Crippen LogP contribution in [0.15, 0.2) is 30.3 Å². The van der Waals surface area contributed by atoms with Gasteiger partial charge >= 0.3 is 0 Å². The molecular formula is C11H6Cl2N2O. The molecule has 0 aliphatic rings. The highest BCUT2D eigenvalue weighted by atomic mass is 35.5. The first kappa shape index (κ1) is 11.0. The summed E-state index contributed by atoms with van der Waals surface area (Å²) in [5.41, 5.74) is 1.35. The Labute approximate surface area is 102 Å². The van der Waals surface area contributed by atoms with E-state index in [9.17, 15) is 4.79 Å². The predicted molar refractivity (Wildman–Crippen MR) is 62.9 cm³/mol. The van der Waals surface area contributed by atoms with Crippen molar-refractivity contribution in [1.82, 2.24) is 9.97 Å². The summed E-state index contributed by atoms with van der Waals surface area (Å²) in [5.74, 6) is 0.440. The van der Waals surface area contributed by atoms with Gasteiger partial charge in [0.1, 0.15) is 16.6 Å². The molecule has 5 heteroatoms. The normalized spacial score (nSPS) is 10.1. The van der Waals surface area contributed by atoms with Gasteiger partial charge in [-0.15, -0.1) is 0 Å². The van der Waals surface area contributed by atoms with Crippen LogP contribution in [0.5, 0.6) is 0 Å². The summed E-state index contributed by atoms with van der Waals surface area (Å²) in [6.45, 7) is 0. The first-order valence-corrected chi connectivity index (χ1v) is 5.20. The number of hydrogen-bond donors (Lipinski definition) is 0. The van der Waals surface area contributed by atoms with Gasteiger partial charge in [0.15, 0.2) is 5.82 Å². The summed E-state index contributed by atoms with van der Waals surface area (Å²) in [6.07, 6.45) is 0.773. The van der Waals surface area contributed by atoms with E-state index in [1.807, 2.05) is 0 Å². The standard InChI is InChI=1S/C11H6Cl2N2O/c12-9-5-10(13)15-11(14-9)8-3-1-7(6-16)2-4-8/h1-6H. The molecule has 0 radical (unpaired) electrons. The molecule has 0 amide bonds. The highest BCUT2D eigenvalue weighted by molar-refractivity contribution is 6.33. The number of carbonyl (C=O) groups is 1. The van der Waals surface area contributed by atoms with E-state index in [4.69, 9.17) is 23.2 Å². The number of hydrogen-bond acceptors (Lipinski definition) is 3. The van der Waals surface area contributed by atoms with Crippen molar-refractivity contribution in [2.24, 2.45) is 0 Å². The average molecular weight is 253 g/mol. The van der Waals surface area contributed by atoms with Gasteiger partial charge in [-0.25, -0.2) is 9.97 Å². The van der Waals surface area contributed by atoms with Gasteiger partial charge in [-0.3, -0.25) is 4.79 Å². The van der Waals surface area contributed by atoms with Crippen LogP contribution in [0, 0.1) is 0 Å².